The fourth-order valence-corrected chi connectivity index (χ4v) is 10.5. The van der Waals surface area contributed by atoms with Crippen LogP contribution in [0.15, 0.2) is 0 Å². The Labute approximate surface area is 509 Å². The minimum absolute atomic E-state index is 0. The van der Waals surface area contributed by atoms with Crippen molar-refractivity contribution < 1.29 is 38.9 Å². The molecule has 0 saturated heterocycles. The Balaban J connectivity index is -0.00000140. The van der Waals surface area contributed by atoms with Gasteiger partial charge >= 0.3 is 49.7 Å². The van der Waals surface area contributed by atoms with Gasteiger partial charge in [0.2, 0.25) is 0 Å². The van der Waals surface area contributed by atoms with Crippen LogP contribution in [0.25, 0.3) is 0 Å². The molecule has 0 rings (SSSR count). The average molecular weight is 1120 g/mol. The number of esters is 2. The van der Waals surface area contributed by atoms with Crippen LogP contribution in [-0.2, 0) is 28.7 Å². The Morgan fingerprint density at radius 3 is 0.545 bits per heavy atom. The summed E-state index contributed by atoms with van der Waals surface area (Å²) in [5.74, 6) is -3.27. The van der Waals surface area contributed by atoms with E-state index in [9.17, 15) is 29.4 Å². The molecule has 0 heterocycles. The van der Waals surface area contributed by atoms with Crippen molar-refractivity contribution in [2.45, 2.75) is 412 Å². The summed E-state index contributed by atoms with van der Waals surface area (Å²) in [5.41, 5.74) is 0. The minimum atomic E-state index is -1.25. The number of carboxylic acid groups (broad SMARTS) is 2. The normalized spacial score (nSPS) is 11.9. The van der Waals surface area contributed by atoms with E-state index in [2.05, 4.69) is 27.7 Å². The van der Waals surface area contributed by atoms with Gasteiger partial charge in [0, 0.05) is 12.8 Å². The van der Waals surface area contributed by atoms with Crippen molar-refractivity contribution >= 4 is 61.6 Å². The minimum Gasteiger partial charge on any atom is -0.546 e. The van der Waals surface area contributed by atoms with E-state index in [-0.39, 0.29) is 49.7 Å². The Morgan fingerprint density at radius 2 is 0.390 bits per heavy atom. The molecular weight excluding hydrogens is 985 g/mol. The van der Waals surface area contributed by atoms with Crippen LogP contribution in [0.2, 0.25) is 0 Å². The number of carboxylic acids is 2. The Morgan fingerprint density at radius 1 is 0.247 bits per heavy atom. The summed E-state index contributed by atoms with van der Waals surface area (Å²) in [6.07, 6.45) is 67.3. The summed E-state index contributed by atoms with van der Waals surface area (Å²) in [7, 11) is 0. The van der Waals surface area contributed by atoms with E-state index >= 15 is 0 Å². The molecule has 0 aromatic heterocycles. The van der Waals surface area contributed by atoms with Crippen LogP contribution >= 0.6 is 0 Å². The van der Waals surface area contributed by atoms with Gasteiger partial charge in [-0.25, -0.2) is 0 Å². The fraction of sp³-hybridized carbons (Fsp3) is 0.941. The number of carbonyl (C=O) groups is 4. The second-order valence-electron chi connectivity index (χ2n) is 23.4. The number of ether oxygens (including phenoxy) is 2. The molecule has 0 amide bonds. The van der Waals surface area contributed by atoms with Gasteiger partial charge in [0.25, 0.3) is 0 Å². The molecule has 2 unspecified atom stereocenters. The van der Waals surface area contributed by atoms with Gasteiger partial charge in [0.1, 0.15) is 12.2 Å². The van der Waals surface area contributed by atoms with E-state index in [0.29, 0.717) is 25.7 Å². The van der Waals surface area contributed by atoms with Crippen LogP contribution in [0.4, 0.5) is 0 Å². The van der Waals surface area contributed by atoms with Crippen LogP contribution in [0.1, 0.15) is 400 Å². The predicted molar refractivity (Wildman–Crippen MR) is 326 cm³/mol. The van der Waals surface area contributed by atoms with Crippen LogP contribution in [0.5, 0.6) is 0 Å². The zero-order valence-corrected chi connectivity index (χ0v) is 54.3. The molecule has 0 aromatic rings. The van der Waals surface area contributed by atoms with Crippen molar-refractivity contribution in [3.8, 4) is 0 Å². The molecule has 0 radical (unpaired) electrons. The van der Waals surface area contributed by atoms with Crippen molar-refractivity contribution in [1.29, 1.82) is 0 Å². The molecule has 452 valence electrons. The van der Waals surface area contributed by atoms with Crippen molar-refractivity contribution in [1.82, 2.24) is 0 Å². The van der Waals surface area contributed by atoms with E-state index in [1.165, 1.54) is 270 Å². The topological polar surface area (TPSA) is 133 Å². The molecule has 2 atom stereocenters. The second kappa shape index (κ2) is 69.4. The Bertz CT molecular complexity index is 1110. The number of hydrogen-bond acceptors (Lipinski definition) is 8. The number of carbonyl (C=O) groups excluding carboxylic acids is 4. The predicted octanol–water partition coefficient (Wildman–Crippen LogP) is 19.6. The molecule has 8 nitrogen and oxygen atoms in total. The van der Waals surface area contributed by atoms with Gasteiger partial charge in [-0.3, -0.25) is 9.59 Å². The Hall–Kier alpha value is -0.860. The van der Waals surface area contributed by atoms with E-state index < -0.39 is 24.1 Å². The fourth-order valence-electron chi connectivity index (χ4n) is 10.5. The summed E-state index contributed by atoms with van der Waals surface area (Å²) in [5, 5.41) is 22.8. The molecular formula is C68H130CaO8. The van der Waals surface area contributed by atoms with Gasteiger partial charge in [-0.2, -0.15) is 0 Å². The SMILES string of the molecule is CCCCCCCCCCCCCCCCC(OC(=O)CCCCCCCCCCCCCCC)C(=O)[O-].CCCCCCCCCCCCCCCCC(OC(=O)CCCCCCCCCCCCCCC)C(=O)[O-].[Ca+2]. The van der Waals surface area contributed by atoms with Crippen LogP contribution in [0.3, 0.4) is 0 Å². The molecule has 0 saturated carbocycles. The first-order valence-electron chi connectivity index (χ1n) is 34.0. The number of aliphatic carboxylic acids is 2. The quantitative estimate of drug-likeness (QED) is 0.0334. The van der Waals surface area contributed by atoms with Crippen LogP contribution in [0, 0.1) is 0 Å². The molecule has 0 aromatic carbocycles. The number of rotatable bonds is 62. The summed E-state index contributed by atoms with van der Waals surface area (Å²) >= 11 is 0. The first kappa shape index (κ1) is 80.4. The van der Waals surface area contributed by atoms with Gasteiger partial charge in [-0.15, -0.1) is 0 Å². The molecule has 0 spiro atoms. The number of unbranched alkanes of at least 4 members (excludes halogenated alkanes) is 50. The van der Waals surface area contributed by atoms with E-state index in [1.54, 1.807) is 0 Å². The molecule has 0 aliphatic carbocycles. The van der Waals surface area contributed by atoms with Crippen molar-refractivity contribution in [3.63, 3.8) is 0 Å². The second-order valence-corrected chi connectivity index (χ2v) is 23.4. The molecule has 9 heteroatoms. The summed E-state index contributed by atoms with van der Waals surface area (Å²) in [4.78, 5) is 47.0. The molecule has 0 aliphatic heterocycles. The zero-order chi connectivity index (χ0) is 55.9. The zero-order valence-electron chi connectivity index (χ0n) is 52.1. The smallest absolute Gasteiger partial charge is 0.546 e. The molecule has 0 aliphatic rings. The number of hydrogen-bond donors (Lipinski definition) is 0. The van der Waals surface area contributed by atoms with E-state index in [0.717, 1.165) is 77.0 Å². The maximum atomic E-state index is 12.1. The van der Waals surface area contributed by atoms with Crippen molar-refractivity contribution in [3.05, 3.63) is 0 Å². The van der Waals surface area contributed by atoms with Gasteiger partial charge in [0.05, 0.1) is 11.9 Å². The van der Waals surface area contributed by atoms with Gasteiger partial charge in [-0.05, 0) is 38.5 Å². The molecule has 77 heavy (non-hydrogen) atoms. The Kier molecular flexibility index (Phi) is 72.4. The standard InChI is InChI=1S/2C34H66O4.Ca/c2*1-3-5-7-9-11-13-15-17-19-20-22-24-26-28-30-32(34(36)37)38-33(35)31-29-27-25-23-21-18-16-14-12-10-8-6-4-2;/h2*32H,3-31H2,1-2H3,(H,36,37);/q;;+2/p-2. The largest absolute Gasteiger partial charge is 2.00 e. The third kappa shape index (κ3) is 67.5. The first-order valence-corrected chi connectivity index (χ1v) is 34.0. The maximum absolute atomic E-state index is 12.1. The summed E-state index contributed by atoms with van der Waals surface area (Å²) in [6, 6.07) is 0. The van der Waals surface area contributed by atoms with Gasteiger partial charge in [0.15, 0.2) is 0 Å². The van der Waals surface area contributed by atoms with Gasteiger partial charge in [-0.1, -0.05) is 349 Å². The van der Waals surface area contributed by atoms with Gasteiger partial charge < -0.3 is 29.3 Å². The van der Waals surface area contributed by atoms with E-state index in [4.69, 9.17) is 9.47 Å². The third-order valence-electron chi connectivity index (χ3n) is 15.7. The van der Waals surface area contributed by atoms with Crippen molar-refractivity contribution in [2.24, 2.45) is 0 Å². The first-order chi connectivity index (χ1) is 37.2. The molecule has 0 fully saturated rings. The summed E-state index contributed by atoms with van der Waals surface area (Å²) in [6.45, 7) is 9.04. The van der Waals surface area contributed by atoms with E-state index in [1.807, 2.05) is 0 Å². The van der Waals surface area contributed by atoms with Crippen LogP contribution < -0.4 is 10.2 Å². The average Bonchev–Trinajstić information content (AvgIpc) is 3.40. The molecule has 0 bridgehead atoms. The van der Waals surface area contributed by atoms with Crippen molar-refractivity contribution in [2.75, 3.05) is 0 Å². The summed E-state index contributed by atoms with van der Waals surface area (Å²) < 4.78 is 10.5. The monoisotopic (exact) mass is 1110 g/mol. The maximum Gasteiger partial charge on any atom is 2.00 e. The van der Waals surface area contributed by atoms with Crippen LogP contribution in [-0.4, -0.2) is 73.8 Å². The molecule has 0 N–H and O–H groups in total. The third-order valence-corrected chi connectivity index (χ3v) is 15.7.